The number of nitrogens with one attached hydrogen (secondary N) is 2. The summed E-state index contributed by atoms with van der Waals surface area (Å²) in [5, 5.41) is 4.35. The van der Waals surface area contributed by atoms with E-state index in [-0.39, 0.29) is 11.9 Å². The Morgan fingerprint density at radius 3 is 3.00 bits per heavy atom. The lowest BCUT2D eigenvalue weighted by atomic mass is 9.89. The molecule has 3 heteroatoms. The molecule has 0 bridgehead atoms. The molecule has 0 saturated carbocycles. The quantitative estimate of drug-likeness (QED) is 0.746. The average molecular weight is 214 g/mol. The highest BCUT2D eigenvalue weighted by Crippen LogP contribution is 2.29. The molecule has 2 N–H and O–H groups in total. The molecular formula is C13H14N2O. The topological polar surface area (TPSA) is 44.9 Å². The van der Waals surface area contributed by atoms with Crippen molar-refractivity contribution < 1.29 is 4.79 Å². The lowest BCUT2D eigenvalue weighted by molar-refractivity contribution is -0.119. The summed E-state index contributed by atoms with van der Waals surface area (Å²) >= 11 is 0. The van der Waals surface area contributed by atoms with Crippen molar-refractivity contribution in [2.24, 2.45) is 0 Å². The number of hydrogen-bond acceptors (Lipinski definition) is 1. The fraction of sp³-hybridized carbons (Fsp3) is 0.308. The van der Waals surface area contributed by atoms with Gasteiger partial charge < -0.3 is 10.3 Å². The lowest BCUT2D eigenvalue weighted by Crippen LogP contribution is -2.37. The molecule has 0 radical (unpaired) electrons. The first-order valence-corrected chi connectivity index (χ1v) is 5.59. The summed E-state index contributed by atoms with van der Waals surface area (Å²) in [4.78, 5) is 14.4. The van der Waals surface area contributed by atoms with Crippen LogP contribution in [0.5, 0.6) is 0 Å². The van der Waals surface area contributed by atoms with Crippen LogP contribution in [0.1, 0.15) is 18.1 Å². The number of aromatic nitrogens is 1. The van der Waals surface area contributed by atoms with Gasteiger partial charge in [0.15, 0.2) is 0 Å². The molecule has 1 aromatic carbocycles. The zero-order valence-electron chi connectivity index (χ0n) is 9.21. The van der Waals surface area contributed by atoms with Gasteiger partial charge in [0.25, 0.3) is 0 Å². The van der Waals surface area contributed by atoms with Gasteiger partial charge in [-0.3, -0.25) is 4.79 Å². The molecule has 1 atom stereocenters. The van der Waals surface area contributed by atoms with Crippen molar-refractivity contribution in [1.29, 1.82) is 0 Å². The van der Waals surface area contributed by atoms with E-state index >= 15 is 0 Å². The normalized spacial score (nSPS) is 18.7. The molecule has 16 heavy (non-hydrogen) atoms. The van der Waals surface area contributed by atoms with Crippen LogP contribution in [-0.4, -0.2) is 16.9 Å². The third-order valence-electron chi connectivity index (χ3n) is 3.21. The smallest absolute Gasteiger partial charge is 0.217 e. The van der Waals surface area contributed by atoms with E-state index in [1.165, 1.54) is 22.0 Å². The number of aromatic amines is 1. The van der Waals surface area contributed by atoms with Crippen LogP contribution in [0.3, 0.4) is 0 Å². The molecule has 3 nitrogen and oxygen atoms in total. The molecular weight excluding hydrogens is 200 g/mol. The van der Waals surface area contributed by atoms with Crippen molar-refractivity contribution in [3.05, 3.63) is 35.5 Å². The molecule has 1 aliphatic rings. The van der Waals surface area contributed by atoms with Gasteiger partial charge in [-0.15, -0.1) is 0 Å². The summed E-state index contributed by atoms with van der Waals surface area (Å²) in [5.41, 5.74) is 3.85. The van der Waals surface area contributed by atoms with Gasteiger partial charge in [-0.25, -0.2) is 0 Å². The van der Waals surface area contributed by atoms with Crippen molar-refractivity contribution >= 4 is 16.8 Å². The van der Waals surface area contributed by atoms with Crippen LogP contribution in [0.25, 0.3) is 10.9 Å². The van der Waals surface area contributed by atoms with Crippen molar-refractivity contribution in [3.8, 4) is 0 Å². The number of carbonyl (C=O) groups excluding carboxylic acids is 1. The second-order valence-corrected chi connectivity index (χ2v) is 4.46. The van der Waals surface area contributed by atoms with Gasteiger partial charge >= 0.3 is 0 Å². The van der Waals surface area contributed by atoms with E-state index in [1.54, 1.807) is 6.92 Å². The Kier molecular flexibility index (Phi) is 1.99. The highest BCUT2D eigenvalue weighted by Gasteiger charge is 2.21. The van der Waals surface area contributed by atoms with Gasteiger partial charge in [-0.2, -0.15) is 0 Å². The highest BCUT2D eigenvalue weighted by molar-refractivity contribution is 5.88. The summed E-state index contributed by atoms with van der Waals surface area (Å²) in [6.07, 6.45) is 3.92. The maximum atomic E-state index is 11.1. The predicted molar refractivity (Wildman–Crippen MR) is 63.3 cm³/mol. The first-order chi connectivity index (χ1) is 7.74. The summed E-state index contributed by atoms with van der Waals surface area (Å²) in [6.45, 7) is 1.58. The van der Waals surface area contributed by atoms with E-state index in [9.17, 15) is 4.79 Å². The Labute approximate surface area is 93.9 Å². The fourth-order valence-corrected chi connectivity index (χ4v) is 2.66. The van der Waals surface area contributed by atoms with Crippen LogP contribution in [0.15, 0.2) is 24.4 Å². The van der Waals surface area contributed by atoms with Gasteiger partial charge in [0.05, 0.1) is 0 Å². The third kappa shape index (κ3) is 1.40. The molecule has 1 unspecified atom stereocenters. The molecule has 82 valence electrons. The molecule has 1 amide bonds. The Hall–Kier alpha value is -1.77. The van der Waals surface area contributed by atoms with E-state index in [2.05, 4.69) is 34.7 Å². The number of rotatable bonds is 1. The number of amides is 1. The van der Waals surface area contributed by atoms with Crippen molar-refractivity contribution in [2.45, 2.75) is 25.8 Å². The van der Waals surface area contributed by atoms with Gasteiger partial charge in [0.1, 0.15) is 0 Å². The Morgan fingerprint density at radius 1 is 1.38 bits per heavy atom. The van der Waals surface area contributed by atoms with E-state index in [1.807, 2.05) is 0 Å². The van der Waals surface area contributed by atoms with Crippen LogP contribution in [0, 0.1) is 0 Å². The SMILES string of the molecule is CC(=O)NC1Cc2cccc3[nH]cc(c23)C1. The molecule has 0 saturated heterocycles. The van der Waals surface area contributed by atoms with Gasteiger partial charge in [0.2, 0.25) is 5.91 Å². The number of H-pyrrole nitrogens is 1. The molecule has 1 aromatic heterocycles. The average Bonchev–Trinajstić information content (AvgIpc) is 2.62. The minimum atomic E-state index is 0.0520. The Bertz CT molecular complexity index is 556. The van der Waals surface area contributed by atoms with E-state index in [0.29, 0.717) is 0 Å². The second kappa shape index (κ2) is 3.37. The molecule has 0 spiro atoms. The van der Waals surface area contributed by atoms with E-state index in [0.717, 1.165) is 12.8 Å². The van der Waals surface area contributed by atoms with Crippen molar-refractivity contribution in [1.82, 2.24) is 10.3 Å². The molecule has 0 fully saturated rings. The molecule has 1 aliphatic carbocycles. The number of carbonyl (C=O) groups is 1. The minimum absolute atomic E-state index is 0.0520. The van der Waals surface area contributed by atoms with Crippen molar-refractivity contribution in [2.75, 3.05) is 0 Å². The Morgan fingerprint density at radius 2 is 2.19 bits per heavy atom. The first-order valence-electron chi connectivity index (χ1n) is 5.59. The molecule has 1 heterocycles. The molecule has 3 rings (SSSR count). The van der Waals surface area contributed by atoms with Gasteiger partial charge in [-0.05, 0) is 30.0 Å². The van der Waals surface area contributed by atoms with Crippen LogP contribution < -0.4 is 5.32 Å². The largest absolute Gasteiger partial charge is 0.361 e. The van der Waals surface area contributed by atoms with Crippen LogP contribution in [0.4, 0.5) is 0 Å². The standard InChI is InChI=1S/C13H14N2O/c1-8(16)15-11-5-9-3-2-4-12-13(9)10(6-11)7-14-12/h2-4,7,11,14H,5-6H2,1H3,(H,15,16). The van der Waals surface area contributed by atoms with E-state index in [4.69, 9.17) is 0 Å². The monoisotopic (exact) mass is 214 g/mol. The maximum Gasteiger partial charge on any atom is 0.217 e. The molecule has 0 aliphatic heterocycles. The van der Waals surface area contributed by atoms with Crippen LogP contribution >= 0.6 is 0 Å². The number of hydrogen-bond donors (Lipinski definition) is 2. The second-order valence-electron chi connectivity index (χ2n) is 4.46. The summed E-state index contributed by atoms with van der Waals surface area (Å²) in [7, 11) is 0. The Balaban J connectivity index is 2.03. The summed E-state index contributed by atoms with van der Waals surface area (Å²) in [5.74, 6) is 0.0520. The predicted octanol–water partition coefficient (Wildman–Crippen LogP) is 1.77. The van der Waals surface area contributed by atoms with Crippen LogP contribution in [-0.2, 0) is 17.6 Å². The van der Waals surface area contributed by atoms with Crippen LogP contribution in [0.2, 0.25) is 0 Å². The highest BCUT2D eigenvalue weighted by atomic mass is 16.1. The van der Waals surface area contributed by atoms with E-state index < -0.39 is 0 Å². The van der Waals surface area contributed by atoms with Gasteiger partial charge in [0, 0.05) is 30.1 Å². The third-order valence-corrected chi connectivity index (χ3v) is 3.21. The number of benzene rings is 1. The lowest BCUT2D eigenvalue weighted by Gasteiger charge is -2.23. The minimum Gasteiger partial charge on any atom is -0.361 e. The fourth-order valence-electron chi connectivity index (χ4n) is 2.66. The maximum absolute atomic E-state index is 11.1. The van der Waals surface area contributed by atoms with Gasteiger partial charge in [-0.1, -0.05) is 12.1 Å². The molecule has 2 aromatic rings. The first kappa shape index (κ1) is 9.46. The summed E-state index contributed by atoms with van der Waals surface area (Å²) in [6, 6.07) is 6.55. The zero-order valence-corrected chi connectivity index (χ0v) is 9.21. The van der Waals surface area contributed by atoms with Crippen molar-refractivity contribution in [3.63, 3.8) is 0 Å². The zero-order chi connectivity index (χ0) is 11.1. The summed E-state index contributed by atoms with van der Waals surface area (Å²) < 4.78 is 0.